The molecule has 0 aliphatic rings. The van der Waals surface area contributed by atoms with Crippen molar-refractivity contribution in [2.45, 2.75) is 0 Å². The third-order valence-electron chi connectivity index (χ3n) is 3.91. The summed E-state index contributed by atoms with van der Waals surface area (Å²) in [5, 5.41) is 16.2. The summed E-state index contributed by atoms with van der Waals surface area (Å²) in [4.78, 5) is 15.1. The summed E-state index contributed by atoms with van der Waals surface area (Å²) in [7, 11) is 0. The van der Waals surface area contributed by atoms with Crippen LogP contribution in [0.3, 0.4) is 0 Å². The van der Waals surface area contributed by atoms with E-state index in [-0.39, 0.29) is 5.69 Å². The topological polar surface area (TPSA) is 73.3 Å². The van der Waals surface area contributed by atoms with Gasteiger partial charge in [0.1, 0.15) is 10.8 Å². The average molecular weight is 385 g/mol. The molecule has 26 heavy (non-hydrogen) atoms. The summed E-state index contributed by atoms with van der Waals surface area (Å²) in [5.41, 5.74) is 3.60. The molecule has 0 N–H and O–H groups in total. The van der Waals surface area contributed by atoms with Crippen LogP contribution in [0.5, 0.6) is 0 Å². The number of rotatable bonds is 3. The number of aromatic nitrogens is 3. The third kappa shape index (κ3) is 2.89. The number of nitro benzene ring substituents is 1. The molecular formula is C18H10Cl2N4O2. The van der Waals surface area contributed by atoms with Crippen LogP contribution in [0.25, 0.3) is 28.2 Å². The lowest BCUT2D eigenvalue weighted by atomic mass is 10.0. The highest BCUT2D eigenvalue weighted by molar-refractivity contribution is 6.30. The number of hydrogen-bond donors (Lipinski definition) is 0. The highest BCUT2D eigenvalue weighted by Crippen LogP contribution is 2.34. The maximum Gasteiger partial charge on any atom is 0.269 e. The van der Waals surface area contributed by atoms with E-state index in [4.69, 9.17) is 23.2 Å². The lowest BCUT2D eigenvalue weighted by Crippen LogP contribution is -1.95. The van der Waals surface area contributed by atoms with Crippen LogP contribution in [-0.4, -0.2) is 19.5 Å². The Labute approximate surface area is 157 Å². The summed E-state index contributed by atoms with van der Waals surface area (Å²) in [5.74, 6) is 0. The number of imidazole rings is 1. The number of hydrogen-bond acceptors (Lipinski definition) is 4. The maximum atomic E-state index is 10.9. The summed E-state index contributed by atoms with van der Waals surface area (Å²) in [6, 6.07) is 16.9. The van der Waals surface area contributed by atoms with Gasteiger partial charge in [0.2, 0.25) is 0 Å². The molecule has 0 spiro atoms. The molecule has 0 radical (unpaired) electrons. The van der Waals surface area contributed by atoms with Crippen molar-refractivity contribution >= 4 is 34.5 Å². The molecule has 4 aromatic rings. The SMILES string of the molecule is O=[N+]([O-])c1ccc(-c2c(-c3ccc(Cl)cc3)nc3ccc(Cl)nn23)cc1. The van der Waals surface area contributed by atoms with Crippen molar-refractivity contribution in [2.24, 2.45) is 0 Å². The monoisotopic (exact) mass is 384 g/mol. The van der Waals surface area contributed by atoms with Gasteiger partial charge >= 0.3 is 0 Å². The van der Waals surface area contributed by atoms with Crippen LogP contribution in [0.2, 0.25) is 10.2 Å². The highest BCUT2D eigenvalue weighted by Gasteiger charge is 2.18. The minimum absolute atomic E-state index is 0.0154. The third-order valence-corrected chi connectivity index (χ3v) is 4.37. The highest BCUT2D eigenvalue weighted by atomic mass is 35.5. The van der Waals surface area contributed by atoms with Gasteiger partial charge in [-0.2, -0.15) is 5.10 Å². The Bertz CT molecular complexity index is 1120. The zero-order valence-corrected chi connectivity index (χ0v) is 14.6. The van der Waals surface area contributed by atoms with Crippen LogP contribution < -0.4 is 0 Å². The Morgan fingerprint density at radius 2 is 1.54 bits per heavy atom. The maximum absolute atomic E-state index is 10.9. The molecular weight excluding hydrogens is 375 g/mol. The second-order valence-corrected chi connectivity index (χ2v) is 6.37. The van der Waals surface area contributed by atoms with Crippen molar-refractivity contribution in [1.29, 1.82) is 0 Å². The van der Waals surface area contributed by atoms with Crippen LogP contribution in [-0.2, 0) is 0 Å². The van der Waals surface area contributed by atoms with Gasteiger partial charge in [0.05, 0.1) is 10.6 Å². The van der Waals surface area contributed by atoms with Gasteiger partial charge < -0.3 is 0 Å². The molecule has 0 atom stereocenters. The summed E-state index contributed by atoms with van der Waals surface area (Å²) < 4.78 is 1.63. The lowest BCUT2D eigenvalue weighted by Gasteiger charge is -2.05. The number of halogens is 2. The van der Waals surface area contributed by atoms with Gasteiger partial charge in [-0.05, 0) is 36.4 Å². The zero-order chi connectivity index (χ0) is 18.3. The Morgan fingerprint density at radius 1 is 0.885 bits per heavy atom. The fourth-order valence-electron chi connectivity index (χ4n) is 2.72. The zero-order valence-electron chi connectivity index (χ0n) is 13.1. The van der Waals surface area contributed by atoms with E-state index in [0.717, 1.165) is 11.1 Å². The van der Waals surface area contributed by atoms with Gasteiger partial charge in [-0.3, -0.25) is 10.1 Å². The van der Waals surface area contributed by atoms with Crippen LogP contribution in [0.15, 0.2) is 60.7 Å². The minimum atomic E-state index is -0.437. The van der Waals surface area contributed by atoms with Crippen molar-refractivity contribution < 1.29 is 4.92 Å². The second-order valence-electron chi connectivity index (χ2n) is 5.55. The first-order chi connectivity index (χ1) is 12.5. The molecule has 4 rings (SSSR count). The quantitative estimate of drug-likeness (QED) is 0.355. The molecule has 2 aromatic heterocycles. The first-order valence-electron chi connectivity index (χ1n) is 7.59. The summed E-state index contributed by atoms with van der Waals surface area (Å²) in [6.07, 6.45) is 0. The smallest absolute Gasteiger partial charge is 0.258 e. The lowest BCUT2D eigenvalue weighted by molar-refractivity contribution is -0.384. The van der Waals surface area contributed by atoms with Crippen molar-refractivity contribution in [3.63, 3.8) is 0 Å². The van der Waals surface area contributed by atoms with Crippen molar-refractivity contribution in [3.8, 4) is 22.5 Å². The molecule has 0 saturated carbocycles. The molecule has 2 heterocycles. The van der Waals surface area contributed by atoms with Gasteiger partial charge in [-0.25, -0.2) is 9.50 Å². The van der Waals surface area contributed by atoms with E-state index in [9.17, 15) is 10.1 Å². The van der Waals surface area contributed by atoms with Gasteiger partial charge in [-0.15, -0.1) is 0 Å². The van der Waals surface area contributed by atoms with Crippen LogP contribution in [0.1, 0.15) is 0 Å². The van der Waals surface area contributed by atoms with E-state index in [0.29, 0.717) is 27.2 Å². The van der Waals surface area contributed by atoms with Gasteiger partial charge in [-0.1, -0.05) is 35.3 Å². The molecule has 0 amide bonds. The molecule has 0 bridgehead atoms. The number of fused-ring (bicyclic) bond motifs is 1. The minimum Gasteiger partial charge on any atom is -0.258 e. The second kappa shape index (κ2) is 6.40. The average Bonchev–Trinajstić information content (AvgIpc) is 3.01. The Hall–Kier alpha value is -2.96. The Kier molecular flexibility index (Phi) is 4.06. The van der Waals surface area contributed by atoms with E-state index in [1.807, 2.05) is 12.1 Å². The molecule has 0 unspecified atom stereocenters. The van der Waals surface area contributed by atoms with E-state index in [1.54, 1.807) is 40.9 Å². The Balaban J connectivity index is 1.98. The molecule has 0 aliphatic heterocycles. The van der Waals surface area contributed by atoms with Crippen LogP contribution >= 0.6 is 23.2 Å². The first kappa shape index (κ1) is 16.5. The molecule has 0 aliphatic carbocycles. The van der Waals surface area contributed by atoms with Gasteiger partial charge in [0.25, 0.3) is 5.69 Å². The fraction of sp³-hybridized carbons (Fsp3) is 0. The largest absolute Gasteiger partial charge is 0.269 e. The first-order valence-corrected chi connectivity index (χ1v) is 8.34. The summed E-state index contributed by atoms with van der Waals surface area (Å²) >= 11 is 12.0. The predicted molar refractivity (Wildman–Crippen MR) is 101 cm³/mol. The van der Waals surface area contributed by atoms with E-state index >= 15 is 0 Å². The molecule has 2 aromatic carbocycles. The van der Waals surface area contributed by atoms with Crippen LogP contribution in [0, 0.1) is 10.1 Å². The summed E-state index contributed by atoms with van der Waals surface area (Å²) in [6.45, 7) is 0. The predicted octanol–water partition coefficient (Wildman–Crippen LogP) is 5.28. The number of non-ortho nitro benzene ring substituents is 1. The van der Waals surface area contributed by atoms with E-state index in [2.05, 4.69) is 10.1 Å². The van der Waals surface area contributed by atoms with Crippen molar-refractivity contribution in [1.82, 2.24) is 14.6 Å². The molecule has 0 saturated heterocycles. The van der Waals surface area contributed by atoms with Crippen LogP contribution in [0.4, 0.5) is 5.69 Å². The van der Waals surface area contributed by atoms with E-state index < -0.39 is 4.92 Å². The molecule has 8 heteroatoms. The number of nitro groups is 1. The fourth-order valence-corrected chi connectivity index (χ4v) is 2.98. The van der Waals surface area contributed by atoms with Gasteiger partial charge in [0, 0.05) is 28.3 Å². The van der Waals surface area contributed by atoms with E-state index in [1.165, 1.54) is 12.1 Å². The van der Waals surface area contributed by atoms with Gasteiger partial charge in [0.15, 0.2) is 5.65 Å². The number of benzene rings is 2. The normalized spacial score (nSPS) is 11.0. The number of nitrogens with zero attached hydrogens (tertiary/aromatic N) is 4. The Morgan fingerprint density at radius 3 is 2.19 bits per heavy atom. The van der Waals surface area contributed by atoms with Crippen molar-refractivity contribution in [3.05, 3.63) is 81.0 Å². The molecule has 0 fully saturated rings. The van der Waals surface area contributed by atoms with Crippen molar-refractivity contribution in [2.75, 3.05) is 0 Å². The molecule has 6 nitrogen and oxygen atoms in total. The molecule has 128 valence electrons. The standard InChI is InChI=1S/C18H10Cl2N4O2/c19-13-5-1-11(2-6-13)17-18(12-3-7-14(8-4-12)24(25)26)23-16(21-17)10-9-15(20)22-23/h1-10H.